The highest BCUT2D eigenvalue weighted by Gasteiger charge is 2.31. The largest absolute Gasteiger partial charge is 0.497 e. The molecule has 1 heterocycles. The first-order valence-electron chi connectivity index (χ1n) is 9.97. The molecule has 0 radical (unpaired) electrons. The average molecular weight is 408 g/mol. The summed E-state index contributed by atoms with van der Waals surface area (Å²) in [5.41, 5.74) is 7.29. The Kier molecular flexibility index (Phi) is 6.15. The van der Waals surface area contributed by atoms with Crippen LogP contribution >= 0.6 is 0 Å². The first-order chi connectivity index (χ1) is 14.3. The van der Waals surface area contributed by atoms with Gasteiger partial charge in [-0.15, -0.1) is 0 Å². The van der Waals surface area contributed by atoms with Crippen LogP contribution in [0.2, 0.25) is 0 Å². The number of hydrogen-bond acceptors (Lipinski definition) is 5. The summed E-state index contributed by atoms with van der Waals surface area (Å²) < 4.78 is 10.7. The summed E-state index contributed by atoms with van der Waals surface area (Å²) in [6.45, 7) is 9.57. The second-order valence-electron chi connectivity index (χ2n) is 7.76. The van der Waals surface area contributed by atoms with E-state index < -0.39 is 0 Å². The molecule has 2 aromatic carbocycles. The monoisotopic (exact) mass is 407 g/mol. The summed E-state index contributed by atoms with van der Waals surface area (Å²) in [4.78, 5) is 14.7. The predicted octanol–water partition coefficient (Wildman–Crippen LogP) is 4.49. The molecule has 6 nitrogen and oxygen atoms in total. The van der Waals surface area contributed by atoms with Gasteiger partial charge in [0.1, 0.15) is 11.5 Å². The first-order valence-corrected chi connectivity index (χ1v) is 9.97. The fourth-order valence-corrected chi connectivity index (χ4v) is 3.94. The molecule has 158 valence electrons. The number of hydrogen-bond donors (Lipinski definition) is 1. The molecular weight excluding hydrogens is 378 g/mol. The van der Waals surface area contributed by atoms with Gasteiger partial charge < -0.3 is 14.4 Å². The standard InChI is InChI=1S/C24H29N3O3/c1-7-27-21-13-22(30-6)18(12-20(21)16(2)14-24(27,3)4)15-25-26-23(28)17-8-10-19(29-5)11-9-17/h8-15H,7H2,1-6H3,(H,26,28)/b25-15-. The number of allylic oxidation sites excluding steroid dienone is 1. The molecule has 1 aliphatic rings. The summed E-state index contributed by atoms with van der Waals surface area (Å²) in [7, 11) is 3.23. The number of methoxy groups -OCH3 is 2. The molecule has 0 saturated heterocycles. The third kappa shape index (κ3) is 4.17. The molecule has 0 unspecified atom stereocenters. The lowest BCUT2D eigenvalue weighted by molar-refractivity contribution is 0.0955. The van der Waals surface area contributed by atoms with E-state index in [-0.39, 0.29) is 11.4 Å². The molecule has 1 N–H and O–H groups in total. The van der Waals surface area contributed by atoms with E-state index >= 15 is 0 Å². The Balaban J connectivity index is 1.86. The molecule has 1 aliphatic heterocycles. The van der Waals surface area contributed by atoms with Crippen molar-refractivity contribution in [1.82, 2.24) is 5.43 Å². The first kappa shape index (κ1) is 21.4. The minimum atomic E-state index is -0.291. The number of anilines is 1. The SMILES string of the molecule is CCN1c2cc(OC)c(/C=N\NC(=O)c3ccc(OC)cc3)cc2C(C)=CC1(C)C. The van der Waals surface area contributed by atoms with Crippen LogP contribution in [0.15, 0.2) is 47.6 Å². The van der Waals surface area contributed by atoms with Crippen LogP contribution in [0.3, 0.4) is 0 Å². The number of rotatable bonds is 6. The highest BCUT2D eigenvalue weighted by atomic mass is 16.5. The van der Waals surface area contributed by atoms with E-state index in [1.165, 1.54) is 5.57 Å². The Bertz CT molecular complexity index is 992. The van der Waals surface area contributed by atoms with E-state index in [4.69, 9.17) is 9.47 Å². The normalized spacial score (nSPS) is 14.9. The van der Waals surface area contributed by atoms with Crippen LogP contribution < -0.4 is 19.8 Å². The maximum absolute atomic E-state index is 12.3. The Morgan fingerprint density at radius 1 is 1.17 bits per heavy atom. The van der Waals surface area contributed by atoms with Crippen molar-refractivity contribution in [3.05, 3.63) is 59.2 Å². The maximum Gasteiger partial charge on any atom is 0.271 e. The number of hydrazone groups is 1. The minimum Gasteiger partial charge on any atom is -0.497 e. The van der Waals surface area contributed by atoms with Crippen molar-refractivity contribution in [1.29, 1.82) is 0 Å². The van der Waals surface area contributed by atoms with Crippen molar-refractivity contribution >= 4 is 23.4 Å². The minimum absolute atomic E-state index is 0.0706. The third-order valence-electron chi connectivity index (χ3n) is 5.37. The number of carbonyl (C=O) groups is 1. The van der Waals surface area contributed by atoms with Crippen LogP contribution in [0.25, 0.3) is 5.57 Å². The van der Waals surface area contributed by atoms with Crippen LogP contribution in [0.4, 0.5) is 5.69 Å². The van der Waals surface area contributed by atoms with E-state index in [2.05, 4.69) is 55.3 Å². The number of ether oxygens (including phenoxy) is 2. The van der Waals surface area contributed by atoms with E-state index in [9.17, 15) is 4.79 Å². The summed E-state index contributed by atoms with van der Waals surface area (Å²) in [5, 5.41) is 4.14. The summed E-state index contributed by atoms with van der Waals surface area (Å²) in [5.74, 6) is 1.11. The van der Waals surface area contributed by atoms with Gasteiger partial charge in [-0.2, -0.15) is 5.10 Å². The Morgan fingerprint density at radius 2 is 1.87 bits per heavy atom. The molecule has 0 spiro atoms. The van der Waals surface area contributed by atoms with Gasteiger partial charge in [0.05, 0.1) is 26.0 Å². The molecular formula is C24H29N3O3. The van der Waals surface area contributed by atoms with Crippen molar-refractivity contribution < 1.29 is 14.3 Å². The zero-order valence-electron chi connectivity index (χ0n) is 18.4. The molecule has 0 aromatic heterocycles. The Labute approximate surface area is 178 Å². The second kappa shape index (κ2) is 8.61. The Morgan fingerprint density at radius 3 is 2.47 bits per heavy atom. The number of fused-ring (bicyclic) bond motifs is 1. The molecule has 6 heteroatoms. The fourth-order valence-electron chi connectivity index (χ4n) is 3.94. The molecule has 0 atom stereocenters. The number of nitrogens with one attached hydrogen (secondary N) is 1. The number of amides is 1. The predicted molar refractivity (Wildman–Crippen MR) is 122 cm³/mol. The number of benzene rings is 2. The average Bonchev–Trinajstić information content (AvgIpc) is 2.73. The lowest BCUT2D eigenvalue weighted by atomic mass is 9.88. The van der Waals surface area contributed by atoms with Gasteiger partial charge in [-0.1, -0.05) is 6.08 Å². The van der Waals surface area contributed by atoms with Gasteiger partial charge >= 0.3 is 0 Å². The topological polar surface area (TPSA) is 63.2 Å². The van der Waals surface area contributed by atoms with E-state index in [0.717, 1.165) is 23.4 Å². The van der Waals surface area contributed by atoms with Gasteiger partial charge in [-0.3, -0.25) is 4.79 Å². The van der Waals surface area contributed by atoms with Crippen molar-refractivity contribution in [2.45, 2.75) is 33.2 Å². The number of carbonyl (C=O) groups excluding carboxylic acids is 1. The van der Waals surface area contributed by atoms with Gasteiger partial charge in [0.25, 0.3) is 5.91 Å². The Hall–Kier alpha value is -3.28. The molecule has 0 fully saturated rings. The molecule has 2 aromatic rings. The summed E-state index contributed by atoms with van der Waals surface area (Å²) in [6.07, 6.45) is 3.89. The van der Waals surface area contributed by atoms with Gasteiger partial charge in [0.15, 0.2) is 0 Å². The van der Waals surface area contributed by atoms with Crippen molar-refractivity contribution in [3.8, 4) is 11.5 Å². The van der Waals surface area contributed by atoms with Gasteiger partial charge in [0, 0.05) is 35.0 Å². The van der Waals surface area contributed by atoms with Gasteiger partial charge in [0.2, 0.25) is 0 Å². The quantitative estimate of drug-likeness (QED) is 0.566. The highest BCUT2D eigenvalue weighted by Crippen LogP contribution is 2.41. The summed E-state index contributed by atoms with van der Waals surface area (Å²) in [6, 6.07) is 11.0. The molecule has 0 saturated carbocycles. The van der Waals surface area contributed by atoms with Crippen molar-refractivity contribution in [2.75, 3.05) is 25.7 Å². The zero-order valence-corrected chi connectivity index (χ0v) is 18.4. The third-order valence-corrected chi connectivity index (χ3v) is 5.37. The van der Waals surface area contributed by atoms with Crippen LogP contribution in [0.1, 0.15) is 49.2 Å². The lowest BCUT2D eigenvalue weighted by Crippen LogP contribution is -2.44. The van der Waals surface area contributed by atoms with E-state index in [0.29, 0.717) is 17.1 Å². The van der Waals surface area contributed by atoms with E-state index in [1.807, 2.05) is 6.07 Å². The molecule has 1 amide bonds. The molecule has 0 bridgehead atoms. The number of nitrogens with zero attached hydrogens (tertiary/aromatic N) is 2. The smallest absolute Gasteiger partial charge is 0.271 e. The van der Waals surface area contributed by atoms with Crippen LogP contribution in [0.5, 0.6) is 11.5 Å². The van der Waals surface area contributed by atoms with Crippen molar-refractivity contribution in [2.24, 2.45) is 5.10 Å². The summed E-state index contributed by atoms with van der Waals surface area (Å²) >= 11 is 0. The van der Waals surface area contributed by atoms with Gasteiger partial charge in [-0.25, -0.2) is 5.43 Å². The van der Waals surface area contributed by atoms with Crippen LogP contribution in [-0.4, -0.2) is 38.4 Å². The lowest BCUT2D eigenvalue weighted by Gasteiger charge is -2.43. The van der Waals surface area contributed by atoms with Crippen LogP contribution in [0, 0.1) is 0 Å². The highest BCUT2D eigenvalue weighted by molar-refractivity contribution is 5.96. The van der Waals surface area contributed by atoms with Crippen molar-refractivity contribution in [3.63, 3.8) is 0 Å². The van der Waals surface area contributed by atoms with E-state index in [1.54, 1.807) is 44.7 Å². The van der Waals surface area contributed by atoms with Gasteiger partial charge in [-0.05, 0) is 63.6 Å². The molecule has 3 rings (SSSR count). The maximum atomic E-state index is 12.3. The molecule has 30 heavy (non-hydrogen) atoms. The van der Waals surface area contributed by atoms with Crippen LogP contribution in [-0.2, 0) is 0 Å². The fraction of sp³-hybridized carbons (Fsp3) is 0.333. The second-order valence-corrected chi connectivity index (χ2v) is 7.76. The zero-order chi connectivity index (χ0) is 21.9. The molecule has 0 aliphatic carbocycles. The number of likely N-dealkylation sites (N-methyl/N-ethyl adjacent to an activating group) is 1.